The lowest BCUT2D eigenvalue weighted by Gasteiger charge is -2.13. The Morgan fingerprint density at radius 2 is 1.96 bits per heavy atom. The minimum atomic E-state index is -0.660. The summed E-state index contributed by atoms with van der Waals surface area (Å²) in [6.07, 6.45) is 0. The molecule has 0 fully saturated rings. The number of nitrogens with one attached hydrogen (secondary N) is 2. The standard InChI is InChI=1S/C18H16ClN3O2S2/c1-11(16(23)20-9-12-5-3-2-4-6-12)21-17(24)13-10-25-18(22-13)14-7-8-15(19)26-14/h2-8,10-11H,9H2,1H3,(H,20,23)(H,21,24). The molecule has 0 aliphatic carbocycles. The van der Waals surface area contributed by atoms with Crippen LogP contribution in [0.5, 0.6) is 0 Å². The number of carbonyl (C=O) groups excluding carboxylic acids is 2. The molecule has 3 aromatic rings. The number of hydrogen-bond donors (Lipinski definition) is 2. The highest BCUT2D eigenvalue weighted by atomic mass is 35.5. The van der Waals surface area contributed by atoms with Gasteiger partial charge in [0.15, 0.2) is 0 Å². The highest BCUT2D eigenvalue weighted by Gasteiger charge is 2.19. The Kier molecular flexibility index (Phi) is 6.03. The number of halogens is 1. The van der Waals surface area contributed by atoms with E-state index in [9.17, 15) is 9.59 Å². The quantitative estimate of drug-likeness (QED) is 0.652. The van der Waals surface area contributed by atoms with Crippen LogP contribution < -0.4 is 10.6 Å². The molecule has 0 saturated heterocycles. The van der Waals surface area contributed by atoms with Gasteiger partial charge in [0.2, 0.25) is 5.91 Å². The molecule has 1 unspecified atom stereocenters. The molecule has 26 heavy (non-hydrogen) atoms. The number of thiazole rings is 1. The number of nitrogens with zero attached hydrogens (tertiary/aromatic N) is 1. The molecular formula is C18H16ClN3O2S2. The van der Waals surface area contributed by atoms with Crippen LogP contribution in [0.4, 0.5) is 0 Å². The SMILES string of the molecule is CC(NC(=O)c1csc(-c2ccc(Cl)s2)n1)C(=O)NCc1ccccc1. The maximum Gasteiger partial charge on any atom is 0.271 e. The summed E-state index contributed by atoms with van der Waals surface area (Å²) in [6, 6.07) is 12.6. The maximum atomic E-state index is 12.3. The van der Waals surface area contributed by atoms with Gasteiger partial charge in [-0.15, -0.1) is 22.7 Å². The lowest BCUT2D eigenvalue weighted by Crippen LogP contribution is -2.44. The number of hydrogen-bond acceptors (Lipinski definition) is 5. The van der Waals surface area contributed by atoms with Crippen molar-refractivity contribution in [3.8, 4) is 9.88 Å². The van der Waals surface area contributed by atoms with Crippen LogP contribution in [0.15, 0.2) is 47.8 Å². The number of rotatable bonds is 6. The van der Waals surface area contributed by atoms with E-state index in [1.54, 1.807) is 18.4 Å². The molecular weight excluding hydrogens is 390 g/mol. The van der Waals surface area contributed by atoms with Gasteiger partial charge in [-0.25, -0.2) is 4.98 Å². The number of aromatic nitrogens is 1. The van der Waals surface area contributed by atoms with Gasteiger partial charge in [0.25, 0.3) is 5.91 Å². The van der Waals surface area contributed by atoms with Crippen LogP contribution in [-0.4, -0.2) is 22.8 Å². The van der Waals surface area contributed by atoms with Crippen molar-refractivity contribution in [2.24, 2.45) is 0 Å². The first-order chi connectivity index (χ1) is 12.5. The molecule has 3 rings (SSSR count). The third kappa shape index (κ3) is 4.69. The molecule has 2 aromatic heterocycles. The molecule has 0 radical (unpaired) electrons. The summed E-state index contributed by atoms with van der Waals surface area (Å²) in [6.45, 7) is 2.06. The van der Waals surface area contributed by atoms with E-state index in [0.29, 0.717) is 10.9 Å². The second-order valence-electron chi connectivity index (χ2n) is 5.54. The van der Waals surface area contributed by atoms with Gasteiger partial charge < -0.3 is 10.6 Å². The molecule has 1 atom stereocenters. The van der Waals surface area contributed by atoms with Crippen molar-refractivity contribution >= 4 is 46.1 Å². The fraction of sp³-hybridized carbons (Fsp3) is 0.167. The van der Waals surface area contributed by atoms with E-state index in [1.807, 2.05) is 36.4 Å². The first-order valence-corrected chi connectivity index (χ1v) is 9.94. The Bertz CT molecular complexity index is 908. The summed E-state index contributed by atoms with van der Waals surface area (Å²) in [5, 5.41) is 7.88. The summed E-state index contributed by atoms with van der Waals surface area (Å²) in [5.41, 5.74) is 1.29. The molecule has 5 nitrogen and oxygen atoms in total. The summed E-state index contributed by atoms with van der Waals surface area (Å²) in [5.74, 6) is -0.625. The fourth-order valence-corrected chi connectivity index (χ4v) is 4.11. The van der Waals surface area contributed by atoms with Crippen LogP contribution in [0, 0.1) is 0 Å². The minimum Gasteiger partial charge on any atom is -0.350 e. The van der Waals surface area contributed by atoms with Crippen LogP contribution in [0.1, 0.15) is 23.0 Å². The minimum absolute atomic E-state index is 0.248. The maximum absolute atomic E-state index is 12.3. The van der Waals surface area contributed by atoms with E-state index in [2.05, 4.69) is 15.6 Å². The molecule has 0 aliphatic rings. The van der Waals surface area contributed by atoms with E-state index >= 15 is 0 Å². The van der Waals surface area contributed by atoms with E-state index in [-0.39, 0.29) is 17.5 Å². The largest absolute Gasteiger partial charge is 0.350 e. The van der Waals surface area contributed by atoms with E-state index in [4.69, 9.17) is 11.6 Å². The van der Waals surface area contributed by atoms with E-state index in [0.717, 1.165) is 15.4 Å². The third-order valence-electron chi connectivity index (χ3n) is 3.57. The molecule has 8 heteroatoms. The molecule has 2 heterocycles. The van der Waals surface area contributed by atoms with Gasteiger partial charge in [0.05, 0.1) is 9.21 Å². The van der Waals surface area contributed by atoms with Crippen molar-refractivity contribution in [1.29, 1.82) is 0 Å². The Balaban J connectivity index is 1.55. The van der Waals surface area contributed by atoms with Gasteiger partial charge in [-0.1, -0.05) is 41.9 Å². The van der Waals surface area contributed by atoms with Crippen LogP contribution >= 0.6 is 34.3 Å². The van der Waals surface area contributed by atoms with Crippen molar-refractivity contribution in [1.82, 2.24) is 15.6 Å². The van der Waals surface area contributed by atoms with Gasteiger partial charge in [0.1, 0.15) is 16.7 Å². The summed E-state index contributed by atoms with van der Waals surface area (Å²) in [7, 11) is 0. The molecule has 2 amide bonds. The normalized spacial score (nSPS) is 11.8. The molecule has 0 aliphatic heterocycles. The lowest BCUT2D eigenvalue weighted by atomic mass is 10.2. The average molecular weight is 406 g/mol. The first-order valence-electron chi connectivity index (χ1n) is 7.86. The van der Waals surface area contributed by atoms with Gasteiger partial charge in [-0.05, 0) is 24.6 Å². The zero-order chi connectivity index (χ0) is 18.5. The van der Waals surface area contributed by atoms with Crippen LogP contribution in [-0.2, 0) is 11.3 Å². The second kappa shape index (κ2) is 8.44. The fourth-order valence-electron chi connectivity index (χ4n) is 2.19. The zero-order valence-corrected chi connectivity index (χ0v) is 16.3. The Morgan fingerprint density at radius 3 is 2.65 bits per heavy atom. The van der Waals surface area contributed by atoms with Crippen LogP contribution in [0.3, 0.4) is 0 Å². The van der Waals surface area contributed by atoms with Gasteiger partial charge in [-0.2, -0.15) is 0 Å². The molecule has 0 bridgehead atoms. The van der Waals surface area contributed by atoms with Crippen molar-refractivity contribution < 1.29 is 9.59 Å². The predicted octanol–water partition coefficient (Wildman–Crippen LogP) is 3.96. The molecule has 2 N–H and O–H groups in total. The smallest absolute Gasteiger partial charge is 0.271 e. The number of carbonyl (C=O) groups is 2. The molecule has 1 aromatic carbocycles. The zero-order valence-electron chi connectivity index (χ0n) is 13.9. The molecule has 0 spiro atoms. The Labute approximate surface area is 164 Å². The lowest BCUT2D eigenvalue weighted by molar-refractivity contribution is -0.122. The number of thiophene rings is 1. The number of amides is 2. The monoisotopic (exact) mass is 405 g/mol. The summed E-state index contributed by atoms with van der Waals surface area (Å²) in [4.78, 5) is 29.7. The van der Waals surface area contributed by atoms with Crippen LogP contribution in [0.2, 0.25) is 4.34 Å². The van der Waals surface area contributed by atoms with Crippen molar-refractivity contribution in [3.63, 3.8) is 0 Å². The van der Waals surface area contributed by atoms with Crippen molar-refractivity contribution in [3.05, 3.63) is 63.4 Å². The van der Waals surface area contributed by atoms with Gasteiger partial charge in [0, 0.05) is 11.9 Å². The Hall–Kier alpha value is -2.22. The topological polar surface area (TPSA) is 71.1 Å². The summed E-state index contributed by atoms with van der Waals surface area (Å²) >= 11 is 8.70. The van der Waals surface area contributed by atoms with Gasteiger partial charge >= 0.3 is 0 Å². The molecule has 0 saturated carbocycles. The number of benzene rings is 1. The summed E-state index contributed by atoms with van der Waals surface area (Å²) < 4.78 is 0.671. The van der Waals surface area contributed by atoms with Crippen LogP contribution in [0.25, 0.3) is 9.88 Å². The predicted molar refractivity (Wildman–Crippen MR) is 106 cm³/mol. The first kappa shape index (κ1) is 18.6. The second-order valence-corrected chi connectivity index (χ2v) is 8.11. The Morgan fingerprint density at radius 1 is 1.19 bits per heavy atom. The highest BCUT2D eigenvalue weighted by Crippen LogP contribution is 2.32. The average Bonchev–Trinajstić information content (AvgIpc) is 3.29. The van der Waals surface area contributed by atoms with Crippen molar-refractivity contribution in [2.45, 2.75) is 19.5 Å². The van der Waals surface area contributed by atoms with Gasteiger partial charge in [-0.3, -0.25) is 9.59 Å². The third-order valence-corrected chi connectivity index (χ3v) is 5.81. The van der Waals surface area contributed by atoms with E-state index in [1.165, 1.54) is 22.7 Å². The molecule has 134 valence electrons. The highest BCUT2D eigenvalue weighted by molar-refractivity contribution is 7.23. The van der Waals surface area contributed by atoms with Crippen molar-refractivity contribution in [2.75, 3.05) is 0 Å². The van der Waals surface area contributed by atoms with E-state index < -0.39 is 6.04 Å².